The summed E-state index contributed by atoms with van der Waals surface area (Å²) in [5.74, 6) is 0.833. The number of hydrogen-bond donors (Lipinski definition) is 1. The van der Waals surface area contributed by atoms with E-state index >= 15 is 0 Å². The van der Waals surface area contributed by atoms with E-state index in [9.17, 15) is 0 Å². The highest BCUT2D eigenvalue weighted by atomic mass is 35.5. The van der Waals surface area contributed by atoms with Crippen LogP contribution in [0.15, 0.2) is 24.3 Å². The van der Waals surface area contributed by atoms with Gasteiger partial charge in [0.2, 0.25) is 0 Å². The third-order valence-corrected chi connectivity index (χ3v) is 6.34. The minimum absolute atomic E-state index is 0.513. The Kier molecular flexibility index (Phi) is 4.11. The molecule has 0 heterocycles. The lowest BCUT2D eigenvalue weighted by Gasteiger charge is -2.41. The van der Waals surface area contributed by atoms with Crippen LogP contribution in [0.1, 0.15) is 43.7 Å². The third kappa shape index (κ3) is 3.12. The Morgan fingerprint density at radius 2 is 2.00 bits per heavy atom. The summed E-state index contributed by atoms with van der Waals surface area (Å²) in [6, 6.07) is 8.93. The fraction of sp³-hybridized carbons (Fsp3) is 0.625. The minimum atomic E-state index is 0.513. The molecule has 3 heteroatoms. The van der Waals surface area contributed by atoms with E-state index in [0.29, 0.717) is 10.8 Å². The van der Waals surface area contributed by atoms with Crippen LogP contribution in [0.4, 0.5) is 0 Å². The molecule has 2 fully saturated rings. The van der Waals surface area contributed by atoms with Crippen LogP contribution in [0, 0.1) is 5.92 Å². The molecule has 0 aliphatic heterocycles. The number of nitrogens with one attached hydrogen (secondary N) is 1. The van der Waals surface area contributed by atoms with Crippen LogP contribution in [-0.4, -0.2) is 17.5 Å². The molecule has 2 saturated carbocycles. The predicted octanol–water partition coefficient (Wildman–Crippen LogP) is 4.67. The maximum atomic E-state index is 5.99. The molecule has 1 atom stereocenters. The molecule has 2 aliphatic rings. The third-order valence-electron chi connectivity index (χ3n) is 4.66. The molecule has 0 bridgehead atoms. The van der Waals surface area contributed by atoms with Crippen molar-refractivity contribution in [2.24, 2.45) is 5.92 Å². The molecular weight excluding hydrogens is 274 g/mol. The quantitative estimate of drug-likeness (QED) is 0.819. The van der Waals surface area contributed by atoms with Gasteiger partial charge in [0.15, 0.2) is 0 Å². The van der Waals surface area contributed by atoms with Gasteiger partial charge in [0, 0.05) is 22.4 Å². The summed E-state index contributed by atoms with van der Waals surface area (Å²) in [4.78, 5) is 0. The standard InChI is InChI=1S/C16H22ClNS/c1-19-16(9-2-10-16)11-18-15(12-3-4-12)13-5-7-14(17)8-6-13/h5-8,12,15,18H,2-4,9-11H2,1H3. The molecule has 104 valence electrons. The van der Waals surface area contributed by atoms with Crippen molar-refractivity contribution in [2.75, 3.05) is 12.8 Å². The van der Waals surface area contributed by atoms with Gasteiger partial charge in [0.05, 0.1) is 0 Å². The summed E-state index contributed by atoms with van der Waals surface area (Å²) in [7, 11) is 0. The SMILES string of the molecule is CSC1(CNC(c2ccc(Cl)cc2)C2CC2)CCC1. The van der Waals surface area contributed by atoms with Crippen molar-refractivity contribution in [3.8, 4) is 0 Å². The summed E-state index contributed by atoms with van der Waals surface area (Å²) >= 11 is 8.04. The van der Waals surface area contributed by atoms with Crippen LogP contribution in [-0.2, 0) is 0 Å². The second-order valence-electron chi connectivity index (χ2n) is 5.99. The number of benzene rings is 1. The van der Waals surface area contributed by atoms with Crippen molar-refractivity contribution in [3.05, 3.63) is 34.9 Å². The summed E-state index contributed by atoms with van der Waals surface area (Å²) in [5, 5.41) is 4.68. The Morgan fingerprint density at radius 3 is 2.47 bits per heavy atom. The lowest BCUT2D eigenvalue weighted by atomic mass is 9.83. The van der Waals surface area contributed by atoms with E-state index in [1.165, 1.54) is 37.7 Å². The zero-order valence-electron chi connectivity index (χ0n) is 11.5. The van der Waals surface area contributed by atoms with Crippen molar-refractivity contribution >= 4 is 23.4 Å². The van der Waals surface area contributed by atoms with Crippen LogP contribution in [0.5, 0.6) is 0 Å². The van der Waals surface area contributed by atoms with E-state index in [1.54, 1.807) is 0 Å². The van der Waals surface area contributed by atoms with Gasteiger partial charge >= 0.3 is 0 Å². The predicted molar refractivity (Wildman–Crippen MR) is 85.0 cm³/mol. The van der Waals surface area contributed by atoms with Crippen molar-refractivity contribution in [1.82, 2.24) is 5.32 Å². The van der Waals surface area contributed by atoms with Crippen LogP contribution in [0.3, 0.4) is 0 Å². The molecule has 1 N–H and O–H groups in total. The lowest BCUT2D eigenvalue weighted by Crippen LogP contribution is -2.44. The summed E-state index contributed by atoms with van der Waals surface area (Å²) in [5.41, 5.74) is 1.41. The van der Waals surface area contributed by atoms with Crippen LogP contribution in [0.2, 0.25) is 5.02 Å². The van der Waals surface area contributed by atoms with Gasteiger partial charge in [-0.3, -0.25) is 0 Å². The monoisotopic (exact) mass is 295 g/mol. The van der Waals surface area contributed by atoms with E-state index in [1.807, 2.05) is 23.9 Å². The zero-order valence-corrected chi connectivity index (χ0v) is 13.1. The highest BCUT2D eigenvalue weighted by Crippen LogP contribution is 2.45. The molecule has 0 aromatic heterocycles. The topological polar surface area (TPSA) is 12.0 Å². The number of rotatable bonds is 6. The summed E-state index contributed by atoms with van der Waals surface area (Å²) < 4.78 is 0.513. The Morgan fingerprint density at radius 1 is 1.32 bits per heavy atom. The van der Waals surface area contributed by atoms with Crippen molar-refractivity contribution < 1.29 is 0 Å². The molecule has 3 rings (SSSR count). The molecule has 2 aliphatic carbocycles. The largest absolute Gasteiger partial charge is 0.308 e. The van der Waals surface area contributed by atoms with E-state index in [4.69, 9.17) is 11.6 Å². The molecule has 1 aromatic carbocycles. The maximum Gasteiger partial charge on any atom is 0.0406 e. The van der Waals surface area contributed by atoms with Crippen LogP contribution >= 0.6 is 23.4 Å². The molecule has 1 aromatic rings. The van der Waals surface area contributed by atoms with Crippen molar-refractivity contribution in [3.63, 3.8) is 0 Å². The first-order chi connectivity index (χ1) is 9.22. The van der Waals surface area contributed by atoms with Crippen molar-refractivity contribution in [2.45, 2.75) is 42.9 Å². The molecule has 0 amide bonds. The van der Waals surface area contributed by atoms with E-state index in [-0.39, 0.29) is 0 Å². The molecule has 0 spiro atoms. The number of hydrogen-bond acceptors (Lipinski definition) is 2. The maximum absolute atomic E-state index is 5.99. The molecule has 1 unspecified atom stereocenters. The molecule has 0 radical (unpaired) electrons. The summed E-state index contributed by atoms with van der Waals surface area (Å²) in [6.45, 7) is 1.15. The fourth-order valence-corrected chi connectivity index (χ4v) is 4.03. The lowest BCUT2D eigenvalue weighted by molar-refractivity contribution is 0.322. The zero-order chi connectivity index (χ0) is 13.3. The van der Waals surface area contributed by atoms with Gasteiger partial charge in [0.1, 0.15) is 0 Å². The highest BCUT2D eigenvalue weighted by Gasteiger charge is 2.38. The van der Waals surface area contributed by atoms with Gasteiger partial charge in [-0.15, -0.1) is 0 Å². The summed E-state index contributed by atoms with van der Waals surface area (Å²) in [6.07, 6.45) is 9.14. The van der Waals surface area contributed by atoms with Gasteiger partial charge in [-0.05, 0) is 55.6 Å². The second kappa shape index (κ2) is 5.67. The average molecular weight is 296 g/mol. The Hall–Kier alpha value is -0.180. The fourth-order valence-electron chi connectivity index (χ4n) is 2.98. The van der Waals surface area contributed by atoms with Gasteiger partial charge in [-0.2, -0.15) is 11.8 Å². The second-order valence-corrected chi connectivity index (χ2v) is 7.70. The van der Waals surface area contributed by atoms with Gasteiger partial charge < -0.3 is 5.32 Å². The first kappa shape index (κ1) is 13.8. The van der Waals surface area contributed by atoms with Gasteiger partial charge in [0.25, 0.3) is 0 Å². The highest BCUT2D eigenvalue weighted by molar-refractivity contribution is 8.00. The molecule has 1 nitrogen and oxygen atoms in total. The normalized spacial score (nSPS) is 22.8. The molecular formula is C16H22ClNS. The van der Waals surface area contributed by atoms with Crippen LogP contribution in [0.25, 0.3) is 0 Å². The Bertz CT molecular complexity index is 417. The van der Waals surface area contributed by atoms with Gasteiger partial charge in [-0.25, -0.2) is 0 Å². The molecule has 0 saturated heterocycles. The number of thioether (sulfide) groups is 1. The average Bonchev–Trinajstić information content (AvgIpc) is 3.19. The number of halogens is 1. The smallest absolute Gasteiger partial charge is 0.0406 e. The van der Waals surface area contributed by atoms with E-state index in [2.05, 4.69) is 23.7 Å². The Labute approximate surface area is 125 Å². The minimum Gasteiger partial charge on any atom is -0.308 e. The Balaban J connectivity index is 1.66. The molecule has 19 heavy (non-hydrogen) atoms. The first-order valence-corrected chi connectivity index (χ1v) is 8.87. The first-order valence-electron chi connectivity index (χ1n) is 7.26. The van der Waals surface area contributed by atoms with Crippen molar-refractivity contribution in [1.29, 1.82) is 0 Å². The van der Waals surface area contributed by atoms with E-state index < -0.39 is 0 Å². The van der Waals surface area contributed by atoms with Gasteiger partial charge in [-0.1, -0.05) is 30.2 Å². The van der Waals surface area contributed by atoms with E-state index in [0.717, 1.165) is 17.5 Å². The van der Waals surface area contributed by atoms with Crippen LogP contribution < -0.4 is 5.32 Å².